The summed E-state index contributed by atoms with van der Waals surface area (Å²) in [5.74, 6) is 3.98. The van der Waals surface area contributed by atoms with Crippen molar-refractivity contribution < 1.29 is 23.7 Å². The lowest BCUT2D eigenvalue weighted by molar-refractivity contribution is 0.264. The molecule has 0 aromatic heterocycles. The van der Waals surface area contributed by atoms with Gasteiger partial charge < -0.3 is 34.3 Å². The van der Waals surface area contributed by atoms with Gasteiger partial charge in [0.15, 0.2) is 23.0 Å². The number of hydrogen-bond acceptors (Lipinski definition) is 7. The number of rotatable bonds is 17. The van der Waals surface area contributed by atoms with E-state index < -0.39 is 0 Å². The average molecular weight is 503 g/mol. The maximum Gasteiger partial charge on any atom is 0.203 e. The van der Waals surface area contributed by atoms with Crippen molar-refractivity contribution in [2.24, 2.45) is 5.92 Å². The zero-order valence-corrected chi connectivity index (χ0v) is 23.5. The second kappa shape index (κ2) is 14.8. The maximum atomic E-state index is 5.65. The molecule has 0 saturated heterocycles. The second-order valence-corrected chi connectivity index (χ2v) is 9.40. The molecule has 0 amide bonds. The zero-order valence-electron chi connectivity index (χ0n) is 23.5. The summed E-state index contributed by atoms with van der Waals surface area (Å²) < 4.78 is 27.6. The quantitative estimate of drug-likeness (QED) is 0.300. The predicted molar refractivity (Wildman–Crippen MR) is 147 cm³/mol. The number of benzene rings is 2. The molecule has 2 aromatic rings. The molecule has 36 heavy (non-hydrogen) atoms. The molecule has 0 heterocycles. The monoisotopic (exact) mass is 502 g/mol. The highest BCUT2D eigenvalue weighted by Gasteiger charge is 2.36. The first-order valence-electron chi connectivity index (χ1n) is 12.8. The van der Waals surface area contributed by atoms with E-state index in [1.165, 1.54) is 11.1 Å². The van der Waals surface area contributed by atoms with Gasteiger partial charge in [-0.05, 0) is 87.1 Å². The van der Waals surface area contributed by atoms with Gasteiger partial charge >= 0.3 is 0 Å². The minimum Gasteiger partial charge on any atom is -0.493 e. The van der Waals surface area contributed by atoms with Crippen molar-refractivity contribution in [3.05, 3.63) is 41.5 Å². The van der Waals surface area contributed by atoms with E-state index in [4.69, 9.17) is 23.7 Å². The van der Waals surface area contributed by atoms with Crippen LogP contribution in [-0.2, 0) is 11.8 Å². The predicted octanol–water partition coefficient (Wildman–Crippen LogP) is 4.85. The van der Waals surface area contributed by atoms with Gasteiger partial charge in [0.05, 0.1) is 35.5 Å². The van der Waals surface area contributed by atoms with E-state index in [0.29, 0.717) is 23.2 Å². The maximum absolute atomic E-state index is 5.65. The van der Waals surface area contributed by atoms with E-state index in [1.807, 2.05) is 13.1 Å². The van der Waals surface area contributed by atoms with Crippen molar-refractivity contribution in [2.75, 3.05) is 62.2 Å². The molecular weight excluding hydrogens is 456 g/mol. The van der Waals surface area contributed by atoms with Crippen LogP contribution in [-0.4, -0.2) is 62.2 Å². The van der Waals surface area contributed by atoms with Gasteiger partial charge in [0.1, 0.15) is 0 Å². The van der Waals surface area contributed by atoms with Crippen LogP contribution in [0.25, 0.3) is 0 Å². The fraction of sp³-hybridized carbons (Fsp3) is 0.586. The van der Waals surface area contributed by atoms with E-state index in [1.54, 1.807) is 35.5 Å². The lowest BCUT2D eigenvalue weighted by atomic mass is 9.68. The van der Waals surface area contributed by atoms with Gasteiger partial charge in [0, 0.05) is 12.0 Å². The van der Waals surface area contributed by atoms with E-state index in [2.05, 4.69) is 48.7 Å². The summed E-state index contributed by atoms with van der Waals surface area (Å²) in [6.45, 7) is 7.38. The summed E-state index contributed by atoms with van der Waals surface area (Å²) in [6, 6.07) is 10.3. The fourth-order valence-corrected chi connectivity index (χ4v) is 4.95. The molecule has 0 aliphatic rings. The summed E-state index contributed by atoms with van der Waals surface area (Å²) in [5, 5.41) is 7.07. The molecule has 0 aliphatic heterocycles. The van der Waals surface area contributed by atoms with Gasteiger partial charge in [-0.15, -0.1) is 0 Å². The van der Waals surface area contributed by atoms with Gasteiger partial charge in [0.25, 0.3) is 0 Å². The number of aryl methyl sites for hydroxylation is 1. The Hall–Kier alpha value is -2.64. The lowest BCUT2D eigenvalue weighted by Gasteiger charge is -2.39. The number of likely N-dealkylation sites (N-methyl/N-ethyl adjacent to an activating group) is 1. The van der Waals surface area contributed by atoms with Crippen molar-refractivity contribution in [3.63, 3.8) is 0 Å². The van der Waals surface area contributed by atoms with Crippen LogP contribution in [0.5, 0.6) is 28.7 Å². The summed E-state index contributed by atoms with van der Waals surface area (Å²) in [6.07, 6.45) is 4.16. The van der Waals surface area contributed by atoms with Crippen molar-refractivity contribution >= 4 is 0 Å². The molecule has 7 nitrogen and oxygen atoms in total. The number of methoxy groups -OCH3 is 5. The lowest BCUT2D eigenvalue weighted by Crippen LogP contribution is -2.42. The first-order chi connectivity index (χ1) is 17.4. The van der Waals surface area contributed by atoms with Crippen LogP contribution in [0.1, 0.15) is 44.2 Å². The molecule has 0 spiro atoms. The van der Waals surface area contributed by atoms with Crippen LogP contribution in [0, 0.1) is 5.92 Å². The fourth-order valence-electron chi connectivity index (χ4n) is 4.95. The molecule has 2 rings (SSSR count). The molecule has 202 valence electrons. The van der Waals surface area contributed by atoms with Crippen LogP contribution in [0.3, 0.4) is 0 Å². The normalized spacial score (nSPS) is 12.8. The van der Waals surface area contributed by atoms with E-state index in [0.717, 1.165) is 56.8 Å². The first-order valence-corrected chi connectivity index (χ1v) is 12.8. The van der Waals surface area contributed by atoms with Crippen LogP contribution < -0.4 is 34.3 Å². The SMILES string of the molecule is CNCC(CCCNCCCc1ccc(OC)c(OC)c1)(c1cc(OC)c(OC)c(OC)c1)C(C)C. The molecule has 0 aliphatic carbocycles. The highest BCUT2D eigenvalue weighted by molar-refractivity contribution is 5.55. The van der Waals surface area contributed by atoms with E-state index >= 15 is 0 Å². The average Bonchev–Trinajstić information content (AvgIpc) is 2.90. The Balaban J connectivity index is 2.01. The van der Waals surface area contributed by atoms with Gasteiger partial charge in [0.2, 0.25) is 5.75 Å². The third-order valence-electron chi connectivity index (χ3n) is 7.08. The molecule has 0 saturated carbocycles. The molecule has 0 radical (unpaired) electrons. The summed E-state index contributed by atoms with van der Waals surface area (Å²) in [7, 11) is 10.3. The Morgan fingerprint density at radius 3 is 1.89 bits per heavy atom. The Kier molecular flexibility index (Phi) is 12.2. The summed E-state index contributed by atoms with van der Waals surface area (Å²) >= 11 is 0. The standard InChI is InChI=1S/C29H46N2O5/c1-21(2)29(20-30-3,23-18-26(34-6)28(36-8)27(19-23)35-7)14-10-16-31-15-9-11-22-12-13-24(32-4)25(17-22)33-5/h12-13,17-19,21,30-31H,9-11,14-16,20H2,1-8H3. The third kappa shape index (κ3) is 7.20. The number of hydrogen-bond donors (Lipinski definition) is 2. The van der Waals surface area contributed by atoms with Crippen LogP contribution in [0.15, 0.2) is 30.3 Å². The van der Waals surface area contributed by atoms with Gasteiger partial charge in [-0.3, -0.25) is 0 Å². The number of nitrogens with one attached hydrogen (secondary N) is 2. The largest absolute Gasteiger partial charge is 0.493 e. The zero-order chi connectivity index (χ0) is 26.6. The molecule has 0 bridgehead atoms. The Morgan fingerprint density at radius 1 is 0.750 bits per heavy atom. The minimum atomic E-state index is -0.0666. The van der Waals surface area contributed by atoms with Gasteiger partial charge in [-0.2, -0.15) is 0 Å². The summed E-state index contributed by atoms with van der Waals surface area (Å²) in [4.78, 5) is 0. The smallest absolute Gasteiger partial charge is 0.203 e. The Morgan fingerprint density at radius 2 is 1.36 bits per heavy atom. The van der Waals surface area contributed by atoms with Crippen molar-refractivity contribution in [1.29, 1.82) is 0 Å². The molecule has 7 heteroatoms. The Bertz CT molecular complexity index is 909. The molecule has 1 unspecified atom stereocenters. The highest BCUT2D eigenvalue weighted by atomic mass is 16.5. The molecular formula is C29H46N2O5. The second-order valence-electron chi connectivity index (χ2n) is 9.40. The molecule has 2 N–H and O–H groups in total. The molecule has 2 aromatic carbocycles. The van der Waals surface area contributed by atoms with Crippen molar-refractivity contribution in [1.82, 2.24) is 10.6 Å². The topological polar surface area (TPSA) is 70.2 Å². The van der Waals surface area contributed by atoms with Crippen molar-refractivity contribution in [2.45, 2.75) is 44.9 Å². The molecule has 0 fully saturated rings. The van der Waals surface area contributed by atoms with E-state index in [9.17, 15) is 0 Å². The van der Waals surface area contributed by atoms with Crippen LogP contribution in [0.2, 0.25) is 0 Å². The molecule has 1 atom stereocenters. The van der Waals surface area contributed by atoms with Crippen LogP contribution >= 0.6 is 0 Å². The third-order valence-corrected chi connectivity index (χ3v) is 7.08. The first kappa shape index (κ1) is 29.6. The van der Waals surface area contributed by atoms with Gasteiger partial charge in [-0.25, -0.2) is 0 Å². The van der Waals surface area contributed by atoms with E-state index in [-0.39, 0.29) is 5.41 Å². The van der Waals surface area contributed by atoms with Crippen molar-refractivity contribution in [3.8, 4) is 28.7 Å². The van der Waals surface area contributed by atoms with Gasteiger partial charge in [-0.1, -0.05) is 19.9 Å². The van der Waals surface area contributed by atoms with Crippen LogP contribution in [0.4, 0.5) is 0 Å². The highest BCUT2D eigenvalue weighted by Crippen LogP contribution is 2.45. The minimum absolute atomic E-state index is 0.0666. The Labute approximate surface area is 217 Å². The number of ether oxygens (including phenoxy) is 5. The summed E-state index contributed by atoms with van der Waals surface area (Å²) in [5.41, 5.74) is 2.39.